The van der Waals surface area contributed by atoms with Crippen molar-refractivity contribution in [2.45, 2.75) is 56.7 Å². The molecule has 2 bridgehead atoms. The standard InChI is InChI=1S/C17H25NO2/c1-16(2,3)12-5-4-6-13(7-12)17(19)8-14-10-20-11-15(9-17)18-14/h4-7,14-15,18-19H,8-11H2,1-3H3. The number of aliphatic hydroxyl groups is 1. The van der Waals surface area contributed by atoms with E-state index in [1.165, 1.54) is 5.56 Å². The van der Waals surface area contributed by atoms with Crippen molar-refractivity contribution in [3.8, 4) is 0 Å². The highest BCUT2D eigenvalue weighted by molar-refractivity contribution is 5.33. The fourth-order valence-corrected chi connectivity index (χ4v) is 3.43. The number of hydrogen-bond donors (Lipinski definition) is 2. The molecule has 2 heterocycles. The Morgan fingerprint density at radius 3 is 2.45 bits per heavy atom. The molecule has 3 heteroatoms. The molecule has 2 atom stereocenters. The number of rotatable bonds is 1. The summed E-state index contributed by atoms with van der Waals surface area (Å²) in [5.74, 6) is 0. The predicted octanol–water partition coefficient (Wildman–Crippen LogP) is 2.32. The fraction of sp³-hybridized carbons (Fsp3) is 0.647. The minimum Gasteiger partial charge on any atom is -0.385 e. The van der Waals surface area contributed by atoms with Crippen LogP contribution in [0.3, 0.4) is 0 Å². The molecule has 2 unspecified atom stereocenters. The van der Waals surface area contributed by atoms with Gasteiger partial charge in [-0.25, -0.2) is 0 Å². The van der Waals surface area contributed by atoms with Crippen LogP contribution < -0.4 is 5.32 Å². The quantitative estimate of drug-likeness (QED) is 0.826. The summed E-state index contributed by atoms with van der Waals surface area (Å²) in [6, 6.07) is 9.01. The van der Waals surface area contributed by atoms with Crippen LogP contribution in [-0.2, 0) is 15.8 Å². The van der Waals surface area contributed by atoms with E-state index in [9.17, 15) is 5.11 Å². The molecule has 1 aromatic carbocycles. The lowest BCUT2D eigenvalue weighted by atomic mass is 9.76. The maximum atomic E-state index is 11.1. The number of nitrogens with one attached hydrogen (secondary N) is 1. The van der Waals surface area contributed by atoms with Crippen molar-refractivity contribution in [1.29, 1.82) is 0 Å². The van der Waals surface area contributed by atoms with E-state index in [-0.39, 0.29) is 17.5 Å². The molecule has 0 saturated carbocycles. The molecule has 0 aliphatic carbocycles. The Kier molecular flexibility index (Phi) is 3.39. The van der Waals surface area contributed by atoms with Crippen molar-refractivity contribution in [2.75, 3.05) is 13.2 Å². The molecule has 0 radical (unpaired) electrons. The van der Waals surface area contributed by atoms with Gasteiger partial charge in [0.05, 0.1) is 18.8 Å². The van der Waals surface area contributed by atoms with Gasteiger partial charge in [-0.1, -0.05) is 45.0 Å². The van der Waals surface area contributed by atoms with E-state index in [1.807, 2.05) is 0 Å². The number of benzene rings is 1. The van der Waals surface area contributed by atoms with Crippen LogP contribution in [0.2, 0.25) is 0 Å². The zero-order chi connectivity index (χ0) is 14.4. The molecule has 3 rings (SSSR count). The zero-order valence-corrected chi connectivity index (χ0v) is 12.6. The average Bonchev–Trinajstić information content (AvgIpc) is 2.37. The molecular weight excluding hydrogens is 250 g/mol. The van der Waals surface area contributed by atoms with E-state index < -0.39 is 5.60 Å². The summed E-state index contributed by atoms with van der Waals surface area (Å²) in [6.07, 6.45) is 1.47. The predicted molar refractivity (Wildman–Crippen MR) is 79.8 cm³/mol. The third-order valence-corrected chi connectivity index (χ3v) is 4.54. The van der Waals surface area contributed by atoms with Gasteiger partial charge in [0.25, 0.3) is 0 Å². The minimum atomic E-state index is -0.717. The Morgan fingerprint density at radius 2 is 1.85 bits per heavy atom. The van der Waals surface area contributed by atoms with E-state index in [1.54, 1.807) is 0 Å². The van der Waals surface area contributed by atoms with E-state index in [0.717, 1.165) is 18.4 Å². The van der Waals surface area contributed by atoms with Gasteiger partial charge >= 0.3 is 0 Å². The third kappa shape index (κ3) is 2.62. The Balaban J connectivity index is 1.91. The Bertz CT molecular complexity index is 480. The van der Waals surface area contributed by atoms with Crippen LogP contribution in [0.5, 0.6) is 0 Å². The van der Waals surface area contributed by atoms with Gasteiger partial charge in [0.15, 0.2) is 0 Å². The molecule has 110 valence electrons. The molecule has 2 aliphatic heterocycles. The maximum Gasteiger partial charge on any atom is 0.0928 e. The van der Waals surface area contributed by atoms with E-state index in [4.69, 9.17) is 4.74 Å². The molecule has 2 aliphatic rings. The SMILES string of the molecule is CC(C)(C)c1cccc(C2(O)CC3COCC(C2)N3)c1. The minimum absolute atomic E-state index is 0.109. The number of ether oxygens (including phenoxy) is 1. The van der Waals surface area contributed by atoms with E-state index >= 15 is 0 Å². The Hall–Kier alpha value is -0.900. The van der Waals surface area contributed by atoms with Gasteiger partial charge in [0.2, 0.25) is 0 Å². The molecule has 1 aromatic rings. The lowest BCUT2D eigenvalue weighted by Gasteiger charge is -2.45. The summed E-state index contributed by atoms with van der Waals surface area (Å²) in [5.41, 5.74) is 1.73. The summed E-state index contributed by atoms with van der Waals surface area (Å²) in [7, 11) is 0. The molecule has 0 amide bonds. The first kappa shape index (κ1) is 14.1. The highest BCUT2D eigenvalue weighted by atomic mass is 16.5. The summed E-state index contributed by atoms with van der Waals surface area (Å²) >= 11 is 0. The maximum absolute atomic E-state index is 11.1. The summed E-state index contributed by atoms with van der Waals surface area (Å²) in [4.78, 5) is 0. The van der Waals surface area contributed by atoms with Crippen LogP contribution in [0.25, 0.3) is 0 Å². The second-order valence-corrected chi connectivity index (χ2v) is 7.37. The van der Waals surface area contributed by atoms with Gasteiger partial charge in [-0.2, -0.15) is 0 Å². The van der Waals surface area contributed by atoms with Crippen LogP contribution in [0.4, 0.5) is 0 Å². The van der Waals surface area contributed by atoms with Crippen LogP contribution in [0.1, 0.15) is 44.7 Å². The van der Waals surface area contributed by atoms with Crippen LogP contribution in [0.15, 0.2) is 24.3 Å². The van der Waals surface area contributed by atoms with Crippen LogP contribution >= 0.6 is 0 Å². The molecule has 2 fully saturated rings. The van der Waals surface area contributed by atoms with Gasteiger partial charge in [-0.15, -0.1) is 0 Å². The lowest BCUT2D eigenvalue weighted by Crippen LogP contribution is -2.58. The summed E-state index contributed by atoms with van der Waals surface area (Å²) in [5, 5.41) is 14.7. The Labute approximate surface area is 121 Å². The highest BCUT2D eigenvalue weighted by Gasteiger charge is 2.42. The van der Waals surface area contributed by atoms with Crippen molar-refractivity contribution in [2.24, 2.45) is 0 Å². The summed E-state index contributed by atoms with van der Waals surface area (Å²) in [6.45, 7) is 8.04. The molecule has 3 nitrogen and oxygen atoms in total. The van der Waals surface area contributed by atoms with Crippen molar-refractivity contribution in [3.63, 3.8) is 0 Å². The molecule has 2 saturated heterocycles. The van der Waals surface area contributed by atoms with Gasteiger partial charge in [-0.05, 0) is 29.4 Å². The van der Waals surface area contributed by atoms with Gasteiger partial charge in [0, 0.05) is 12.1 Å². The average molecular weight is 275 g/mol. The normalized spacial score (nSPS) is 34.0. The molecular formula is C17H25NO2. The van der Waals surface area contributed by atoms with Gasteiger partial charge in [0.1, 0.15) is 0 Å². The fourth-order valence-electron chi connectivity index (χ4n) is 3.43. The molecule has 20 heavy (non-hydrogen) atoms. The molecule has 2 N–H and O–H groups in total. The first-order valence-electron chi connectivity index (χ1n) is 7.54. The largest absolute Gasteiger partial charge is 0.385 e. The van der Waals surface area contributed by atoms with Crippen molar-refractivity contribution >= 4 is 0 Å². The third-order valence-electron chi connectivity index (χ3n) is 4.54. The Morgan fingerprint density at radius 1 is 1.20 bits per heavy atom. The zero-order valence-electron chi connectivity index (χ0n) is 12.6. The van der Waals surface area contributed by atoms with E-state index in [2.05, 4.69) is 50.4 Å². The van der Waals surface area contributed by atoms with Crippen LogP contribution in [0, 0.1) is 0 Å². The second-order valence-electron chi connectivity index (χ2n) is 7.37. The van der Waals surface area contributed by atoms with Crippen molar-refractivity contribution in [3.05, 3.63) is 35.4 Å². The molecule has 0 aromatic heterocycles. The number of fused-ring (bicyclic) bond motifs is 2. The number of hydrogen-bond acceptors (Lipinski definition) is 3. The summed E-state index contributed by atoms with van der Waals surface area (Å²) < 4.78 is 5.57. The topological polar surface area (TPSA) is 41.5 Å². The first-order chi connectivity index (χ1) is 9.37. The first-order valence-corrected chi connectivity index (χ1v) is 7.54. The monoisotopic (exact) mass is 275 g/mol. The smallest absolute Gasteiger partial charge is 0.0928 e. The molecule has 0 spiro atoms. The van der Waals surface area contributed by atoms with Gasteiger partial charge in [-0.3, -0.25) is 0 Å². The van der Waals surface area contributed by atoms with E-state index in [0.29, 0.717) is 13.2 Å². The number of morpholine rings is 1. The van der Waals surface area contributed by atoms with Crippen LogP contribution in [-0.4, -0.2) is 30.4 Å². The van der Waals surface area contributed by atoms with Crippen molar-refractivity contribution < 1.29 is 9.84 Å². The number of piperidine rings is 1. The highest BCUT2D eigenvalue weighted by Crippen LogP contribution is 2.38. The second kappa shape index (κ2) is 4.83. The van der Waals surface area contributed by atoms with Crippen molar-refractivity contribution in [1.82, 2.24) is 5.32 Å². The van der Waals surface area contributed by atoms with Gasteiger partial charge < -0.3 is 15.2 Å². The lowest BCUT2D eigenvalue weighted by molar-refractivity contribution is -0.0802.